The first-order valence-electron chi connectivity index (χ1n) is 6.47. The molecule has 2 N–H and O–H groups in total. The number of aliphatic hydroxyl groups excluding tert-OH is 1. The maximum absolute atomic E-state index is 8.58. The number of nitrogens with zero attached hydrogens (tertiary/aromatic N) is 2. The van der Waals surface area contributed by atoms with Crippen LogP contribution in [0, 0.1) is 6.92 Å². The molecule has 0 unspecified atom stereocenters. The minimum atomic E-state index is 0.0721. The smallest absolute Gasteiger partial charge is 0.148 e. The summed E-state index contributed by atoms with van der Waals surface area (Å²) in [4.78, 5) is 9.07. The molecular weight excluding hydrogens is 242 g/mol. The summed E-state index contributed by atoms with van der Waals surface area (Å²) in [5, 5.41) is 11.8. The van der Waals surface area contributed by atoms with Crippen LogP contribution < -0.4 is 5.32 Å². The minimum absolute atomic E-state index is 0.0721. The van der Waals surface area contributed by atoms with Gasteiger partial charge in [-0.25, -0.2) is 9.97 Å². The zero-order chi connectivity index (χ0) is 13.5. The Balaban J connectivity index is 1.91. The van der Waals surface area contributed by atoms with Crippen molar-refractivity contribution in [2.45, 2.75) is 13.3 Å². The zero-order valence-corrected chi connectivity index (χ0v) is 11.1. The number of aromatic nitrogens is 2. The van der Waals surface area contributed by atoms with Gasteiger partial charge in [0.15, 0.2) is 0 Å². The van der Waals surface area contributed by atoms with Crippen LogP contribution in [0.3, 0.4) is 0 Å². The van der Waals surface area contributed by atoms with Gasteiger partial charge in [-0.2, -0.15) is 0 Å². The van der Waals surface area contributed by atoms with Gasteiger partial charge in [-0.1, -0.05) is 12.1 Å². The molecule has 2 aromatic rings. The summed E-state index contributed by atoms with van der Waals surface area (Å²) in [6.45, 7) is 3.83. The van der Waals surface area contributed by atoms with Gasteiger partial charge in [0.1, 0.15) is 5.82 Å². The third-order valence-electron chi connectivity index (χ3n) is 2.74. The molecule has 1 aromatic carbocycles. The molecule has 0 aliphatic heterocycles. The van der Waals surface area contributed by atoms with E-state index >= 15 is 0 Å². The maximum atomic E-state index is 8.58. The van der Waals surface area contributed by atoms with Crippen molar-refractivity contribution in [2.24, 2.45) is 0 Å². The second kappa shape index (κ2) is 7.01. The van der Waals surface area contributed by atoms with Crippen LogP contribution in [0.5, 0.6) is 0 Å². The molecule has 0 amide bonds. The Morgan fingerprint density at radius 1 is 1.16 bits per heavy atom. The largest absolute Gasteiger partial charge is 0.394 e. The molecule has 0 aliphatic carbocycles. The molecule has 102 valence electrons. The number of rotatable bonds is 7. The van der Waals surface area contributed by atoms with Gasteiger partial charge in [0.2, 0.25) is 0 Å². The topological polar surface area (TPSA) is 67.3 Å². The van der Waals surface area contributed by atoms with E-state index in [1.807, 2.05) is 31.2 Å². The lowest BCUT2D eigenvalue weighted by Gasteiger charge is -2.09. The van der Waals surface area contributed by atoms with Crippen molar-refractivity contribution >= 4 is 16.9 Å². The van der Waals surface area contributed by atoms with Crippen molar-refractivity contribution in [3.05, 3.63) is 30.0 Å². The number of aliphatic hydroxyl groups is 1. The number of anilines is 1. The van der Waals surface area contributed by atoms with Crippen molar-refractivity contribution in [1.82, 2.24) is 9.97 Å². The van der Waals surface area contributed by atoms with Crippen LogP contribution in [-0.4, -0.2) is 41.4 Å². The van der Waals surface area contributed by atoms with E-state index in [4.69, 9.17) is 9.84 Å². The highest BCUT2D eigenvalue weighted by Gasteiger charge is 2.03. The molecule has 2 rings (SSSR count). The number of hydrogen-bond donors (Lipinski definition) is 2. The lowest BCUT2D eigenvalue weighted by Crippen LogP contribution is -2.10. The Labute approximate surface area is 112 Å². The lowest BCUT2D eigenvalue weighted by molar-refractivity contribution is 0.0922. The quantitative estimate of drug-likeness (QED) is 0.743. The minimum Gasteiger partial charge on any atom is -0.394 e. The molecule has 1 aromatic heterocycles. The van der Waals surface area contributed by atoms with Crippen molar-refractivity contribution in [1.29, 1.82) is 0 Å². The molecule has 19 heavy (non-hydrogen) atoms. The highest BCUT2D eigenvalue weighted by atomic mass is 16.5. The average Bonchev–Trinajstić information content (AvgIpc) is 2.43. The van der Waals surface area contributed by atoms with Gasteiger partial charge in [0.25, 0.3) is 0 Å². The number of benzene rings is 1. The number of aryl methyl sites for hydroxylation is 1. The highest BCUT2D eigenvalue weighted by molar-refractivity contribution is 5.76. The molecule has 1 heterocycles. The number of fused-ring (bicyclic) bond motifs is 1. The van der Waals surface area contributed by atoms with Gasteiger partial charge in [-0.3, -0.25) is 0 Å². The first-order chi connectivity index (χ1) is 9.31. The molecule has 0 bridgehead atoms. The molecule has 5 nitrogen and oxygen atoms in total. The molecule has 0 saturated carbocycles. The monoisotopic (exact) mass is 261 g/mol. The number of para-hydroxylation sites is 2. The van der Waals surface area contributed by atoms with Crippen LogP contribution in [-0.2, 0) is 4.74 Å². The summed E-state index contributed by atoms with van der Waals surface area (Å²) < 4.78 is 5.20. The Kier molecular flexibility index (Phi) is 5.06. The summed E-state index contributed by atoms with van der Waals surface area (Å²) in [5.74, 6) is 0.820. The molecule has 0 fully saturated rings. The second-order valence-corrected chi connectivity index (χ2v) is 4.26. The van der Waals surface area contributed by atoms with E-state index in [-0.39, 0.29) is 6.61 Å². The van der Waals surface area contributed by atoms with Gasteiger partial charge < -0.3 is 15.2 Å². The van der Waals surface area contributed by atoms with E-state index in [2.05, 4.69) is 15.3 Å². The van der Waals surface area contributed by atoms with E-state index in [1.165, 1.54) is 0 Å². The lowest BCUT2D eigenvalue weighted by atomic mass is 10.3. The van der Waals surface area contributed by atoms with Crippen molar-refractivity contribution < 1.29 is 9.84 Å². The van der Waals surface area contributed by atoms with E-state index in [0.29, 0.717) is 13.2 Å². The maximum Gasteiger partial charge on any atom is 0.148 e. The van der Waals surface area contributed by atoms with Gasteiger partial charge in [-0.05, 0) is 25.5 Å². The van der Waals surface area contributed by atoms with Crippen molar-refractivity contribution in [2.75, 3.05) is 31.7 Å². The van der Waals surface area contributed by atoms with E-state index in [9.17, 15) is 0 Å². The van der Waals surface area contributed by atoms with E-state index < -0.39 is 0 Å². The predicted molar refractivity (Wildman–Crippen MR) is 75.3 cm³/mol. The van der Waals surface area contributed by atoms with Crippen LogP contribution in [0.2, 0.25) is 0 Å². The van der Waals surface area contributed by atoms with Crippen LogP contribution in [0.1, 0.15) is 12.1 Å². The molecule has 0 aliphatic rings. The van der Waals surface area contributed by atoms with Crippen LogP contribution in [0.15, 0.2) is 24.3 Å². The highest BCUT2D eigenvalue weighted by Crippen LogP contribution is 2.15. The normalized spacial score (nSPS) is 10.8. The van der Waals surface area contributed by atoms with Gasteiger partial charge in [-0.15, -0.1) is 0 Å². The summed E-state index contributed by atoms with van der Waals surface area (Å²) in [6, 6.07) is 7.83. The van der Waals surface area contributed by atoms with Gasteiger partial charge >= 0.3 is 0 Å². The summed E-state index contributed by atoms with van der Waals surface area (Å²) >= 11 is 0. The SMILES string of the molecule is Cc1nc2ccccc2nc1NCCCOCCO. The second-order valence-electron chi connectivity index (χ2n) is 4.26. The zero-order valence-electron chi connectivity index (χ0n) is 11.1. The fraction of sp³-hybridized carbons (Fsp3) is 0.429. The first-order valence-corrected chi connectivity index (χ1v) is 6.47. The number of ether oxygens (including phenoxy) is 1. The van der Waals surface area contributed by atoms with Crippen molar-refractivity contribution in [3.8, 4) is 0 Å². The summed E-state index contributed by atoms with van der Waals surface area (Å²) in [6.07, 6.45) is 0.869. The summed E-state index contributed by atoms with van der Waals surface area (Å²) in [7, 11) is 0. The van der Waals surface area contributed by atoms with Crippen LogP contribution >= 0.6 is 0 Å². The van der Waals surface area contributed by atoms with E-state index in [1.54, 1.807) is 0 Å². The van der Waals surface area contributed by atoms with E-state index in [0.717, 1.165) is 35.5 Å². The molecule has 0 saturated heterocycles. The van der Waals surface area contributed by atoms with Crippen LogP contribution in [0.25, 0.3) is 11.0 Å². The summed E-state index contributed by atoms with van der Waals surface area (Å²) in [5.41, 5.74) is 2.71. The molecule has 0 spiro atoms. The molecule has 0 radical (unpaired) electrons. The third-order valence-corrected chi connectivity index (χ3v) is 2.74. The standard InChI is InChI=1S/C14H19N3O2/c1-11-14(15-7-4-9-19-10-8-18)17-13-6-3-2-5-12(13)16-11/h2-3,5-6,18H,4,7-10H2,1H3,(H,15,17). The van der Waals surface area contributed by atoms with Crippen LogP contribution in [0.4, 0.5) is 5.82 Å². The first kappa shape index (κ1) is 13.7. The molecular formula is C14H19N3O2. The fourth-order valence-electron chi connectivity index (χ4n) is 1.80. The molecule has 0 atom stereocenters. The molecule has 5 heteroatoms. The Morgan fingerprint density at radius 3 is 2.63 bits per heavy atom. The van der Waals surface area contributed by atoms with Gasteiger partial charge in [0, 0.05) is 13.2 Å². The number of nitrogens with one attached hydrogen (secondary N) is 1. The van der Waals surface area contributed by atoms with Gasteiger partial charge in [0.05, 0.1) is 29.9 Å². The Morgan fingerprint density at radius 2 is 1.89 bits per heavy atom. The van der Waals surface area contributed by atoms with Crippen molar-refractivity contribution in [3.63, 3.8) is 0 Å². The fourth-order valence-corrected chi connectivity index (χ4v) is 1.80. The Hall–Kier alpha value is -1.72. The third kappa shape index (κ3) is 3.87. The Bertz CT molecular complexity index is 531. The predicted octanol–water partition coefficient (Wildman–Crippen LogP) is 1.75. The number of hydrogen-bond acceptors (Lipinski definition) is 5. The average molecular weight is 261 g/mol.